The molecule has 1 aliphatic rings. The van der Waals surface area contributed by atoms with E-state index in [4.69, 9.17) is 0 Å². The fourth-order valence-corrected chi connectivity index (χ4v) is 3.39. The third kappa shape index (κ3) is 3.31. The summed E-state index contributed by atoms with van der Waals surface area (Å²) in [5, 5.41) is 15.8. The summed E-state index contributed by atoms with van der Waals surface area (Å²) in [6.45, 7) is 3.57. The highest BCUT2D eigenvalue weighted by molar-refractivity contribution is 5.70. The standard InChI is InChI=1S/C17H19F2N3O2/c1-10-5-11(17(23)24)8-22(7-10)9-12-6-20-21-16(12)15-13(18)3-2-4-14(15)19/h2-4,6,10-11H,5,7-9H2,1H3,(H,20,21)(H,23,24). The first-order valence-corrected chi connectivity index (χ1v) is 7.87. The Hall–Kier alpha value is -2.28. The fourth-order valence-electron chi connectivity index (χ4n) is 3.39. The molecule has 2 heterocycles. The van der Waals surface area contributed by atoms with Crippen molar-refractivity contribution in [3.63, 3.8) is 0 Å². The highest BCUT2D eigenvalue weighted by atomic mass is 19.1. The zero-order valence-corrected chi connectivity index (χ0v) is 13.3. The lowest BCUT2D eigenvalue weighted by Gasteiger charge is -2.34. The number of H-pyrrole nitrogens is 1. The highest BCUT2D eigenvalue weighted by Crippen LogP contribution is 2.29. The number of halogens is 2. The van der Waals surface area contributed by atoms with Crippen LogP contribution in [0.1, 0.15) is 18.9 Å². The Morgan fingerprint density at radius 1 is 1.38 bits per heavy atom. The van der Waals surface area contributed by atoms with Gasteiger partial charge in [-0.1, -0.05) is 13.0 Å². The van der Waals surface area contributed by atoms with Crippen LogP contribution in [0.2, 0.25) is 0 Å². The quantitative estimate of drug-likeness (QED) is 0.901. The molecule has 7 heteroatoms. The molecule has 128 valence electrons. The number of carboxylic acids is 1. The van der Waals surface area contributed by atoms with Crippen molar-refractivity contribution in [3.05, 3.63) is 41.6 Å². The summed E-state index contributed by atoms with van der Waals surface area (Å²) in [7, 11) is 0. The summed E-state index contributed by atoms with van der Waals surface area (Å²) in [6.07, 6.45) is 2.18. The average molecular weight is 335 g/mol. The van der Waals surface area contributed by atoms with Crippen molar-refractivity contribution in [3.8, 4) is 11.3 Å². The number of carboxylic acid groups (broad SMARTS) is 1. The predicted molar refractivity (Wildman–Crippen MR) is 84.1 cm³/mol. The first-order valence-electron chi connectivity index (χ1n) is 7.87. The number of rotatable bonds is 4. The third-order valence-electron chi connectivity index (χ3n) is 4.41. The Morgan fingerprint density at radius 2 is 2.08 bits per heavy atom. The van der Waals surface area contributed by atoms with Crippen molar-refractivity contribution in [2.75, 3.05) is 13.1 Å². The van der Waals surface area contributed by atoms with Crippen molar-refractivity contribution in [1.82, 2.24) is 15.1 Å². The molecule has 1 saturated heterocycles. The van der Waals surface area contributed by atoms with Gasteiger partial charge in [-0.25, -0.2) is 8.78 Å². The van der Waals surface area contributed by atoms with Gasteiger partial charge >= 0.3 is 5.97 Å². The molecule has 2 aromatic rings. The first-order chi connectivity index (χ1) is 11.5. The summed E-state index contributed by atoms with van der Waals surface area (Å²) in [5.74, 6) is -2.29. The van der Waals surface area contributed by atoms with Gasteiger partial charge in [-0.15, -0.1) is 0 Å². The first kappa shape index (κ1) is 16.6. The van der Waals surface area contributed by atoms with Crippen molar-refractivity contribution in [1.29, 1.82) is 0 Å². The molecule has 3 rings (SSSR count). The summed E-state index contributed by atoms with van der Waals surface area (Å²) in [5.41, 5.74) is 0.817. The number of carbonyl (C=O) groups is 1. The van der Waals surface area contributed by atoms with E-state index in [1.807, 2.05) is 11.8 Å². The van der Waals surface area contributed by atoms with E-state index in [1.54, 1.807) is 0 Å². The van der Waals surface area contributed by atoms with E-state index in [-0.39, 0.29) is 11.5 Å². The van der Waals surface area contributed by atoms with Crippen molar-refractivity contribution >= 4 is 5.97 Å². The number of hydrogen-bond donors (Lipinski definition) is 2. The maximum atomic E-state index is 14.0. The van der Waals surface area contributed by atoms with Crippen LogP contribution in [0, 0.1) is 23.5 Å². The van der Waals surface area contributed by atoms with Crippen LogP contribution in [0.4, 0.5) is 8.78 Å². The smallest absolute Gasteiger partial charge is 0.307 e. The highest BCUT2D eigenvalue weighted by Gasteiger charge is 2.30. The minimum Gasteiger partial charge on any atom is -0.481 e. The molecule has 1 aliphatic heterocycles. The lowest BCUT2D eigenvalue weighted by Crippen LogP contribution is -2.42. The second kappa shape index (κ2) is 6.68. The van der Waals surface area contributed by atoms with Crippen LogP contribution in [0.15, 0.2) is 24.4 Å². The van der Waals surface area contributed by atoms with Crippen molar-refractivity contribution < 1.29 is 18.7 Å². The average Bonchev–Trinajstić information content (AvgIpc) is 2.94. The van der Waals surface area contributed by atoms with Crippen LogP contribution >= 0.6 is 0 Å². The summed E-state index contributed by atoms with van der Waals surface area (Å²) >= 11 is 0. The topological polar surface area (TPSA) is 69.2 Å². The number of piperidine rings is 1. The van der Waals surface area contributed by atoms with Gasteiger partial charge in [-0.3, -0.25) is 14.8 Å². The molecule has 1 fully saturated rings. The van der Waals surface area contributed by atoms with E-state index in [9.17, 15) is 18.7 Å². The van der Waals surface area contributed by atoms with E-state index in [1.165, 1.54) is 24.4 Å². The number of aromatic amines is 1. The molecule has 2 N–H and O–H groups in total. The molecule has 2 unspecified atom stereocenters. The molecule has 0 bridgehead atoms. The van der Waals surface area contributed by atoms with E-state index in [2.05, 4.69) is 10.2 Å². The largest absolute Gasteiger partial charge is 0.481 e. The number of hydrogen-bond acceptors (Lipinski definition) is 3. The molecule has 0 aliphatic carbocycles. The molecule has 0 saturated carbocycles. The van der Waals surface area contributed by atoms with Gasteiger partial charge in [0.2, 0.25) is 0 Å². The van der Waals surface area contributed by atoms with Crippen LogP contribution in [0.5, 0.6) is 0 Å². The number of nitrogens with one attached hydrogen (secondary N) is 1. The van der Waals surface area contributed by atoms with Crippen LogP contribution in [0.3, 0.4) is 0 Å². The molecule has 1 aromatic carbocycles. The van der Waals surface area contributed by atoms with Gasteiger partial charge in [0.05, 0.1) is 23.4 Å². The Morgan fingerprint density at radius 3 is 2.75 bits per heavy atom. The zero-order valence-electron chi connectivity index (χ0n) is 13.3. The monoisotopic (exact) mass is 335 g/mol. The fraction of sp³-hybridized carbons (Fsp3) is 0.412. The van der Waals surface area contributed by atoms with Crippen LogP contribution < -0.4 is 0 Å². The lowest BCUT2D eigenvalue weighted by atomic mass is 9.90. The minimum absolute atomic E-state index is 0.134. The molecule has 0 radical (unpaired) electrons. The van der Waals surface area contributed by atoms with Crippen LogP contribution in [0.25, 0.3) is 11.3 Å². The number of aromatic nitrogens is 2. The number of likely N-dealkylation sites (tertiary alicyclic amines) is 1. The van der Waals surface area contributed by atoms with Gasteiger partial charge in [0.15, 0.2) is 0 Å². The van der Waals surface area contributed by atoms with E-state index in [0.29, 0.717) is 30.8 Å². The van der Waals surface area contributed by atoms with E-state index in [0.717, 1.165) is 6.54 Å². The molecular formula is C17H19F2N3O2. The Kier molecular flexibility index (Phi) is 4.62. The number of aliphatic carboxylic acids is 1. The molecule has 5 nitrogen and oxygen atoms in total. The maximum absolute atomic E-state index is 14.0. The second-order valence-electron chi connectivity index (χ2n) is 6.44. The molecule has 0 amide bonds. The van der Waals surface area contributed by atoms with Crippen molar-refractivity contribution in [2.24, 2.45) is 11.8 Å². The van der Waals surface area contributed by atoms with E-state index >= 15 is 0 Å². The van der Waals surface area contributed by atoms with E-state index < -0.39 is 23.5 Å². The molecular weight excluding hydrogens is 316 g/mol. The van der Waals surface area contributed by atoms with Crippen LogP contribution in [-0.4, -0.2) is 39.3 Å². The lowest BCUT2D eigenvalue weighted by molar-refractivity contribution is -0.144. The summed E-state index contributed by atoms with van der Waals surface area (Å²) < 4.78 is 28.0. The number of benzene rings is 1. The summed E-state index contributed by atoms with van der Waals surface area (Å²) in [6, 6.07) is 3.72. The maximum Gasteiger partial charge on any atom is 0.307 e. The van der Waals surface area contributed by atoms with Crippen molar-refractivity contribution in [2.45, 2.75) is 19.9 Å². The Bertz CT molecular complexity index is 727. The Labute approximate surface area is 138 Å². The second-order valence-corrected chi connectivity index (χ2v) is 6.44. The van der Waals surface area contributed by atoms with Gasteiger partial charge in [0.25, 0.3) is 0 Å². The van der Waals surface area contributed by atoms with Gasteiger partial charge in [-0.05, 0) is 24.5 Å². The van der Waals surface area contributed by atoms with Gasteiger partial charge < -0.3 is 5.11 Å². The van der Waals surface area contributed by atoms with Crippen LogP contribution in [-0.2, 0) is 11.3 Å². The van der Waals surface area contributed by atoms with Gasteiger partial charge in [0, 0.05) is 25.2 Å². The van der Waals surface area contributed by atoms with Gasteiger partial charge in [-0.2, -0.15) is 5.10 Å². The molecule has 1 aromatic heterocycles. The predicted octanol–water partition coefficient (Wildman–Crippen LogP) is 2.90. The Balaban J connectivity index is 1.85. The van der Waals surface area contributed by atoms with Gasteiger partial charge in [0.1, 0.15) is 11.6 Å². The minimum atomic E-state index is -0.806. The third-order valence-corrected chi connectivity index (χ3v) is 4.41. The molecule has 24 heavy (non-hydrogen) atoms. The number of nitrogens with zero attached hydrogens (tertiary/aromatic N) is 2. The molecule has 2 atom stereocenters. The normalized spacial score (nSPS) is 21.8. The molecule has 0 spiro atoms. The SMILES string of the molecule is CC1CC(C(=O)O)CN(Cc2cn[nH]c2-c2c(F)cccc2F)C1. The summed E-state index contributed by atoms with van der Waals surface area (Å²) in [4.78, 5) is 13.3. The zero-order chi connectivity index (χ0) is 17.3.